The number of carbonyl (C=O) groups is 1. The summed E-state index contributed by atoms with van der Waals surface area (Å²) in [5, 5.41) is 3.09. The van der Waals surface area contributed by atoms with Crippen molar-refractivity contribution >= 4 is 5.91 Å². The van der Waals surface area contributed by atoms with Crippen molar-refractivity contribution in [2.45, 2.75) is 13.8 Å². The third-order valence-electron chi connectivity index (χ3n) is 1.71. The van der Waals surface area contributed by atoms with Crippen molar-refractivity contribution < 1.29 is 14.4 Å². The lowest BCUT2D eigenvalue weighted by Crippen LogP contribution is -2.35. The summed E-state index contributed by atoms with van der Waals surface area (Å²) in [5.74, 6) is -0.195. The van der Waals surface area contributed by atoms with E-state index in [9.17, 15) is 4.79 Å². The Bertz CT molecular complexity index is 153. The topological polar surface area (TPSA) is 59.6 Å². The summed E-state index contributed by atoms with van der Waals surface area (Å²) in [7, 11) is 1.58. The molecular weight excluding hydrogens is 184 g/mol. The molecule has 1 atom stereocenters. The highest BCUT2D eigenvalue weighted by atomic mass is 16.7. The fourth-order valence-corrected chi connectivity index (χ4v) is 0.801. The molecule has 5 heteroatoms. The summed E-state index contributed by atoms with van der Waals surface area (Å²) in [6, 6.07) is 0. The maximum atomic E-state index is 11.3. The molecule has 0 aliphatic rings. The average Bonchev–Trinajstić information content (AvgIpc) is 2.20. The summed E-state index contributed by atoms with van der Waals surface area (Å²) < 4.78 is 4.76. The number of methoxy groups -OCH3 is 1. The van der Waals surface area contributed by atoms with Gasteiger partial charge in [0.15, 0.2) is 0 Å². The predicted octanol–water partition coefficient (Wildman–Crippen LogP) is -0.0738. The van der Waals surface area contributed by atoms with Gasteiger partial charge < -0.3 is 10.1 Å². The molecule has 0 aliphatic heterocycles. The molecule has 84 valence electrons. The van der Waals surface area contributed by atoms with Crippen LogP contribution in [0.15, 0.2) is 0 Å². The van der Waals surface area contributed by atoms with Crippen molar-refractivity contribution in [3.05, 3.63) is 0 Å². The molecule has 0 bridgehead atoms. The maximum absolute atomic E-state index is 11.3. The van der Waals surface area contributed by atoms with Gasteiger partial charge in [0, 0.05) is 19.6 Å². The van der Waals surface area contributed by atoms with Crippen LogP contribution in [0.25, 0.3) is 0 Å². The summed E-state index contributed by atoms with van der Waals surface area (Å²) in [5.41, 5.74) is 2.37. The number of rotatable bonds is 8. The van der Waals surface area contributed by atoms with Crippen LogP contribution < -0.4 is 10.8 Å². The normalized spacial score (nSPS) is 12.5. The largest absolute Gasteiger partial charge is 0.382 e. The standard InChI is InChI=1S/C9H20N2O3/c1-4-10-7-8(2)9(12)11-14-6-5-13-3/h8,10H,4-7H2,1-3H3,(H,11,12). The monoisotopic (exact) mass is 204 g/mol. The number of ether oxygens (including phenoxy) is 1. The van der Waals surface area contributed by atoms with Crippen LogP contribution in [0, 0.1) is 5.92 Å². The molecule has 0 aromatic carbocycles. The fourth-order valence-electron chi connectivity index (χ4n) is 0.801. The van der Waals surface area contributed by atoms with Gasteiger partial charge in [-0.2, -0.15) is 0 Å². The summed E-state index contributed by atoms with van der Waals surface area (Å²) >= 11 is 0. The van der Waals surface area contributed by atoms with Crippen molar-refractivity contribution in [2.75, 3.05) is 33.4 Å². The van der Waals surface area contributed by atoms with E-state index in [1.54, 1.807) is 7.11 Å². The van der Waals surface area contributed by atoms with Gasteiger partial charge in [-0.3, -0.25) is 9.63 Å². The van der Waals surface area contributed by atoms with Crippen LogP contribution in [0.5, 0.6) is 0 Å². The van der Waals surface area contributed by atoms with Crippen LogP contribution in [0.4, 0.5) is 0 Å². The second-order valence-electron chi connectivity index (χ2n) is 3.02. The van der Waals surface area contributed by atoms with Crippen molar-refractivity contribution in [3.8, 4) is 0 Å². The Morgan fingerprint density at radius 1 is 1.43 bits per heavy atom. The lowest BCUT2D eigenvalue weighted by Gasteiger charge is -2.11. The van der Waals surface area contributed by atoms with E-state index in [0.717, 1.165) is 6.54 Å². The molecule has 0 heterocycles. The lowest BCUT2D eigenvalue weighted by atomic mass is 10.2. The summed E-state index contributed by atoms with van der Waals surface area (Å²) in [6.45, 7) is 6.22. The number of carbonyl (C=O) groups excluding carboxylic acids is 1. The molecular formula is C9H20N2O3. The molecule has 0 aromatic rings. The highest BCUT2D eigenvalue weighted by Crippen LogP contribution is 1.91. The van der Waals surface area contributed by atoms with Gasteiger partial charge in [0.1, 0.15) is 0 Å². The van der Waals surface area contributed by atoms with Crippen LogP contribution in [0.2, 0.25) is 0 Å². The van der Waals surface area contributed by atoms with Gasteiger partial charge in [0.05, 0.1) is 13.2 Å². The SMILES string of the molecule is CCNCC(C)C(=O)NOCCOC. The van der Waals surface area contributed by atoms with E-state index >= 15 is 0 Å². The minimum absolute atomic E-state index is 0.0857. The lowest BCUT2D eigenvalue weighted by molar-refractivity contribution is -0.138. The fraction of sp³-hybridized carbons (Fsp3) is 0.889. The van der Waals surface area contributed by atoms with Gasteiger partial charge >= 0.3 is 0 Å². The second-order valence-corrected chi connectivity index (χ2v) is 3.02. The minimum atomic E-state index is -0.109. The zero-order chi connectivity index (χ0) is 10.8. The minimum Gasteiger partial charge on any atom is -0.382 e. The van der Waals surface area contributed by atoms with Gasteiger partial charge in [-0.15, -0.1) is 0 Å². The molecule has 0 rings (SSSR count). The Balaban J connectivity index is 3.42. The van der Waals surface area contributed by atoms with E-state index in [0.29, 0.717) is 19.8 Å². The highest BCUT2D eigenvalue weighted by molar-refractivity contribution is 5.77. The Morgan fingerprint density at radius 2 is 2.14 bits per heavy atom. The molecule has 0 fully saturated rings. The van der Waals surface area contributed by atoms with Crippen molar-refractivity contribution in [2.24, 2.45) is 5.92 Å². The number of hydroxylamine groups is 1. The van der Waals surface area contributed by atoms with Crippen molar-refractivity contribution in [1.29, 1.82) is 0 Å². The van der Waals surface area contributed by atoms with Gasteiger partial charge in [0.2, 0.25) is 5.91 Å². The van der Waals surface area contributed by atoms with E-state index in [-0.39, 0.29) is 11.8 Å². The Hall–Kier alpha value is -0.650. The van der Waals surface area contributed by atoms with Gasteiger partial charge in [-0.1, -0.05) is 13.8 Å². The molecule has 0 spiro atoms. The van der Waals surface area contributed by atoms with Crippen LogP contribution >= 0.6 is 0 Å². The number of amides is 1. The molecule has 14 heavy (non-hydrogen) atoms. The number of hydrogen-bond acceptors (Lipinski definition) is 4. The van der Waals surface area contributed by atoms with Crippen LogP contribution in [-0.4, -0.2) is 39.3 Å². The van der Waals surface area contributed by atoms with E-state index < -0.39 is 0 Å². The Labute approximate surface area is 85.1 Å². The van der Waals surface area contributed by atoms with E-state index in [1.165, 1.54) is 0 Å². The van der Waals surface area contributed by atoms with Crippen LogP contribution in [0.3, 0.4) is 0 Å². The zero-order valence-corrected chi connectivity index (χ0v) is 9.13. The first-order valence-electron chi connectivity index (χ1n) is 4.83. The van der Waals surface area contributed by atoms with Gasteiger partial charge in [-0.05, 0) is 6.54 Å². The Morgan fingerprint density at radius 3 is 2.71 bits per heavy atom. The van der Waals surface area contributed by atoms with Gasteiger partial charge in [0.25, 0.3) is 0 Å². The van der Waals surface area contributed by atoms with E-state index in [1.807, 2.05) is 13.8 Å². The molecule has 0 saturated carbocycles. The summed E-state index contributed by atoms with van der Waals surface area (Å²) in [6.07, 6.45) is 0. The molecule has 1 unspecified atom stereocenters. The molecule has 0 aromatic heterocycles. The predicted molar refractivity (Wildman–Crippen MR) is 53.7 cm³/mol. The maximum Gasteiger partial charge on any atom is 0.247 e. The molecule has 2 N–H and O–H groups in total. The quantitative estimate of drug-likeness (QED) is 0.429. The van der Waals surface area contributed by atoms with Crippen LogP contribution in [-0.2, 0) is 14.4 Å². The molecule has 0 aliphatic carbocycles. The average molecular weight is 204 g/mol. The second kappa shape index (κ2) is 8.93. The Kier molecular flexibility index (Phi) is 8.51. The van der Waals surface area contributed by atoms with Crippen molar-refractivity contribution in [1.82, 2.24) is 10.8 Å². The first kappa shape index (κ1) is 13.4. The number of hydrogen-bond donors (Lipinski definition) is 2. The first-order valence-corrected chi connectivity index (χ1v) is 4.83. The molecule has 1 amide bonds. The van der Waals surface area contributed by atoms with E-state index in [2.05, 4.69) is 10.8 Å². The number of nitrogens with one attached hydrogen (secondary N) is 2. The van der Waals surface area contributed by atoms with Gasteiger partial charge in [-0.25, -0.2) is 5.48 Å². The van der Waals surface area contributed by atoms with Crippen LogP contribution in [0.1, 0.15) is 13.8 Å². The summed E-state index contributed by atoms with van der Waals surface area (Å²) in [4.78, 5) is 16.2. The van der Waals surface area contributed by atoms with E-state index in [4.69, 9.17) is 9.57 Å². The first-order chi connectivity index (χ1) is 6.72. The zero-order valence-electron chi connectivity index (χ0n) is 9.13. The third kappa shape index (κ3) is 6.82. The molecule has 5 nitrogen and oxygen atoms in total. The van der Waals surface area contributed by atoms with Crippen molar-refractivity contribution in [3.63, 3.8) is 0 Å². The third-order valence-corrected chi connectivity index (χ3v) is 1.71. The molecule has 0 saturated heterocycles. The smallest absolute Gasteiger partial charge is 0.247 e. The highest BCUT2D eigenvalue weighted by Gasteiger charge is 2.11. The molecule has 0 radical (unpaired) electrons.